The topological polar surface area (TPSA) is 64.1 Å². The number of aromatic nitrogens is 2. The molecule has 4 nitrogen and oxygen atoms in total. The Bertz CT molecular complexity index is 433. The third kappa shape index (κ3) is 2.77. The lowest BCUT2D eigenvalue weighted by Gasteiger charge is -2.42. The molecule has 4 heteroatoms. The van der Waals surface area contributed by atoms with E-state index in [4.69, 9.17) is 5.73 Å². The third-order valence-corrected chi connectivity index (χ3v) is 5.35. The summed E-state index contributed by atoms with van der Waals surface area (Å²) in [6.45, 7) is 4.82. The Labute approximate surface area is 122 Å². The first kappa shape index (κ1) is 15.5. The first-order valence-electron chi connectivity index (χ1n) is 7.90. The Morgan fingerprint density at radius 3 is 2.60 bits per heavy atom. The summed E-state index contributed by atoms with van der Waals surface area (Å²) in [4.78, 5) is 0. The van der Waals surface area contributed by atoms with Gasteiger partial charge in [0, 0.05) is 30.3 Å². The summed E-state index contributed by atoms with van der Waals surface area (Å²) < 4.78 is 1.82. The zero-order chi connectivity index (χ0) is 14.8. The largest absolute Gasteiger partial charge is 0.388 e. The van der Waals surface area contributed by atoms with E-state index in [-0.39, 0.29) is 5.41 Å². The highest BCUT2D eigenvalue weighted by atomic mass is 16.3. The van der Waals surface area contributed by atoms with E-state index in [2.05, 4.69) is 12.0 Å². The van der Waals surface area contributed by atoms with Gasteiger partial charge < -0.3 is 10.8 Å². The summed E-state index contributed by atoms with van der Waals surface area (Å²) in [5.41, 5.74) is 7.90. The van der Waals surface area contributed by atoms with Gasteiger partial charge in [0.25, 0.3) is 0 Å². The van der Waals surface area contributed by atoms with Gasteiger partial charge in [0.05, 0.1) is 12.3 Å². The fourth-order valence-corrected chi connectivity index (χ4v) is 3.65. The summed E-state index contributed by atoms with van der Waals surface area (Å²) >= 11 is 0. The highest BCUT2D eigenvalue weighted by molar-refractivity contribution is 5.22. The second-order valence-corrected chi connectivity index (χ2v) is 6.51. The quantitative estimate of drug-likeness (QED) is 0.871. The van der Waals surface area contributed by atoms with Gasteiger partial charge in [-0.25, -0.2) is 0 Å². The number of aliphatic hydroxyl groups is 1. The van der Waals surface area contributed by atoms with Crippen LogP contribution in [0.2, 0.25) is 0 Å². The predicted molar refractivity (Wildman–Crippen MR) is 81.3 cm³/mol. The molecule has 1 unspecified atom stereocenters. The van der Waals surface area contributed by atoms with Crippen molar-refractivity contribution in [3.8, 4) is 0 Å². The van der Waals surface area contributed by atoms with E-state index < -0.39 is 6.10 Å². The molecule has 20 heavy (non-hydrogen) atoms. The second kappa shape index (κ2) is 6.27. The van der Waals surface area contributed by atoms with Crippen LogP contribution < -0.4 is 5.73 Å². The molecule has 1 aliphatic carbocycles. The Balaban J connectivity index is 2.14. The molecule has 114 valence electrons. The Morgan fingerprint density at radius 1 is 1.50 bits per heavy atom. The van der Waals surface area contributed by atoms with Crippen LogP contribution in [0.4, 0.5) is 0 Å². The average Bonchev–Trinajstić information content (AvgIpc) is 2.80. The van der Waals surface area contributed by atoms with E-state index in [9.17, 15) is 5.11 Å². The molecule has 0 aliphatic heterocycles. The van der Waals surface area contributed by atoms with Gasteiger partial charge in [0.2, 0.25) is 0 Å². The maximum Gasteiger partial charge on any atom is 0.0891 e. The van der Waals surface area contributed by atoms with Crippen molar-refractivity contribution in [2.45, 2.75) is 58.5 Å². The van der Waals surface area contributed by atoms with Crippen LogP contribution in [-0.2, 0) is 7.05 Å². The summed E-state index contributed by atoms with van der Waals surface area (Å²) in [7, 11) is 1.92. The molecule has 0 saturated heterocycles. The summed E-state index contributed by atoms with van der Waals surface area (Å²) in [5, 5.41) is 15.1. The number of rotatable bonds is 5. The van der Waals surface area contributed by atoms with E-state index in [0.29, 0.717) is 6.54 Å². The molecule has 1 fully saturated rings. The van der Waals surface area contributed by atoms with E-state index in [1.165, 1.54) is 25.7 Å². The van der Waals surface area contributed by atoms with Crippen LogP contribution in [0.25, 0.3) is 0 Å². The van der Waals surface area contributed by atoms with Crippen LogP contribution in [-0.4, -0.2) is 21.4 Å². The number of aliphatic hydroxyl groups excluding tert-OH is 1. The van der Waals surface area contributed by atoms with Crippen LogP contribution >= 0.6 is 0 Å². The summed E-state index contributed by atoms with van der Waals surface area (Å²) in [5.74, 6) is 0.821. The molecule has 0 spiro atoms. The molecule has 1 aliphatic rings. The Morgan fingerprint density at radius 2 is 2.15 bits per heavy atom. The van der Waals surface area contributed by atoms with Gasteiger partial charge in [0.15, 0.2) is 0 Å². The molecular weight excluding hydrogens is 250 g/mol. The molecule has 0 amide bonds. The minimum absolute atomic E-state index is 0.155. The molecule has 2 rings (SSSR count). The van der Waals surface area contributed by atoms with Gasteiger partial charge in [-0.2, -0.15) is 5.10 Å². The lowest BCUT2D eigenvalue weighted by molar-refractivity contribution is -0.0112. The van der Waals surface area contributed by atoms with Crippen LogP contribution in [0.5, 0.6) is 0 Å². The predicted octanol–water partition coefficient (Wildman–Crippen LogP) is 2.70. The number of nitrogens with zero attached hydrogens (tertiary/aromatic N) is 2. The number of nitrogens with two attached hydrogens (primary N) is 1. The highest BCUT2D eigenvalue weighted by Gasteiger charge is 2.41. The smallest absolute Gasteiger partial charge is 0.0891 e. The number of aryl methyl sites for hydroxylation is 1. The van der Waals surface area contributed by atoms with Crippen LogP contribution in [0.3, 0.4) is 0 Å². The van der Waals surface area contributed by atoms with E-state index >= 15 is 0 Å². The van der Waals surface area contributed by atoms with Crippen molar-refractivity contribution in [3.63, 3.8) is 0 Å². The van der Waals surface area contributed by atoms with Crippen LogP contribution in [0, 0.1) is 18.3 Å². The molecule has 0 aromatic carbocycles. The first-order chi connectivity index (χ1) is 9.54. The maximum atomic E-state index is 10.9. The zero-order valence-electron chi connectivity index (χ0n) is 13.1. The minimum Gasteiger partial charge on any atom is -0.388 e. The Hall–Kier alpha value is -0.870. The number of hydrogen-bond acceptors (Lipinski definition) is 3. The third-order valence-electron chi connectivity index (χ3n) is 5.35. The number of hydrogen-bond donors (Lipinski definition) is 2. The van der Waals surface area contributed by atoms with Gasteiger partial charge in [-0.15, -0.1) is 0 Å². The van der Waals surface area contributed by atoms with Crippen LogP contribution in [0.15, 0.2) is 6.20 Å². The van der Waals surface area contributed by atoms with Crippen molar-refractivity contribution >= 4 is 0 Å². The van der Waals surface area contributed by atoms with Crippen molar-refractivity contribution in [2.24, 2.45) is 24.1 Å². The summed E-state index contributed by atoms with van der Waals surface area (Å²) in [6.07, 6.45) is 8.34. The fourth-order valence-electron chi connectivity index (χ4n) is 3.65. The van der Waals surface area contributed by atoms with Crippen molar-refractivity contribution in [2.75, 3.05) is 6.54 Å². The average molecular weight is 279 g/mol. The molecule has 0 radical (unpaired) electrons. The van der Waals surface area contributed by atoms with E-state index in [1.54, 1.807) is 6.20 Å². The zero-order valence-corrected chi connectivity index (χ0v) is 13.1. The first-order valence-corrected chi connectivity index (χ1v) is 7.90. The fraction of sp³-hybridized carbons (Fsp3) is 0.812. The van der Waals surface area contributed by atoms with Crippen molar-refractivity contribution in [1.82, 2.24) is 9.78 Å². The standard InChI is InChI=1S/C16H29N3O/c1-4-5-13-6-8-16(11-17,9-7-13)15(20)14-10-18-19(3)12(14)2/h10,13,15,20H,4-9,11,17H2,1-3H3. The Kier molecular flexibility index (Phi) is 4.86. The van der Waals surface area contributed by atoms with Gasteiger partial charge >= 0.3 is 0 Å². The molecule has 1 aromatic rings. The molecule has 0 bridgehead atoms. The normalized spacial score (nSPS) is 28.6. The summed E-state index contributed by atoms with van der Waals surface area (Å²) in [6, 6.07) is 0. The highest BCUT2D eigenvalue weighted by Crippen LogP contribution is 2.48. The maximum absolute atomic E-state index is 10.9. The molecule has 1 heterocycles. The van der Waals surface area contributed by atoms with E-state index in [0.717, 1.165) is 30.0 Å². The molecule has 1 atom stereocenters. The van der Waals surface area contributed by atoms with Gasteiger partial charge in [-0.1, -0.05) is 19.8 Å². The lowest BCUT2D eigenvalue weighted by atomic mass is 9.65. The van der Waals surface area contributed by atoms with E-state index in [1.807, 2.05) is 18.7 Å². The molecule has 1 saturated carbocycles. The second-order valence-electron chi connectivity index (χ2n) is 6.51. The molecular formula is C16H29N3O. The van der Waals surface area contributed by atoms with Gasteiger partial charge in [-0.05, 0) is 38.5 Å². The lowest BCUT2D eigenvalue weighted by Crippen LogP contribution is -2.40. The van der Waals surface area contributed by atoms with Gasteiger partial charge in [-0.3, -0.25) is 4.68 Å². The van der Waals surface area contributed by atoms with Gasteiger partial charge in [0.1, 0.15) is 0 Å². The molecule has 3 N–H and O–H groups in total. The van der Waals surface area contributed by atoms with Crippen molar-refractivity contribution < 1.29 is 5.11 Å². The van der Waals surface area contributed by atoms with Crippen molar-refractivity contribution in [3.05, 3.63) is 17.5 Å². The van der Waals surface area contributed by atoms with Crippen LogP contribution in [0.1, 0.15) is 62.8 Å². The SMILES string of the molecule is CCCC1CCC(CN)(C(O)c2cnn(C)c2C)CC1. The van der Waals surface area contributed by atoms with Crippen molar-refractivity contribution in [1.29, 1.82) is 0 Å². The monoisotopic (exact) mass is 279 g/mol. The molecule has 1 aromatic heterocycles. The minimum atomic E-state index is -0.483.